The second kappa shape index (κ2) is 33.8. The van der Waals surface area contributed by atoms with Crippen molar-refractivity contribution >= 4 is 64.6 Å². The summed E-state index contributed by atoms with van der Waals surface area (Å²) >= 11 is 6.83. The van der Waals surface area contributed by atoms with Crippen LogP contribution < -0.4 is 25.2 Å². The molecule has 0 radical (unpaired) electrons. The number of anilines is 2. The van der Waals surface area contributed by atoms with Crippen molar-refractivity contribution < 1.29 is 81.3 Å². The van der Waals surface area contributed by atoms with Gasteiger partial charge in [-0.25, -0.2) is 9.59 Å². The highest BCUT2D eigenvalue weighted by molar-refractivity contribution is 6.35. The van der Waals surface area contributed by atoms with Crippen molar-refractivity contribution in [3.05, 3.63) is 112 Å². The Morgan fingerprint density at radius 2 is 1.52 bits per heavy atom. The number of nitrogens with zero attached hydrogens (tertiary/aromatic N) is 4. The number of halogens is 1. The minimum atomic E-state index is -1.88. The van der Waals surface area contributed by atoms with Crippen molar-refractivity contribution in [1.82, 2.24) is 20.4 Å². The number of methoxy groups -OCH3 is 2. The fourth-order valence-corrected chi connectivity index (χ4v) is 11.3. The largest absolute Gasteiger partial charge is 0.495 e. The normalized spacial score (nSPS) is 23.3. The molecule has 0 saturated carbocycles. The molecule has 91 heavy (non-hydrogen) atoms. The maximum atomic E-state index is 14.4. The average Bonchev–Trinajstić information content (AvgIpc) is 1.58. The number of hydrogen-bond donors (Lipinski definition) is 3. The second-order valence-electron chi connectivity index (χ2n) is 23.3. The third kappa shape index (κ3) is 19.6. The average molecular weight is 1280 g/mol. The number of rotatable bonds is 27. The lowest BCUT2D eigenvalue weighted by Crippen LogP contribution is -2.63. The second-order valence-corrected chi connectivity index (χ2v) is 23.7. The van der Waals surface area contributed by atoms with E-state index in [1.54, 1.807) is 57.1 Å². The number of epoxide rings is 1. The van der Waals surface area contributed by atoms with E-state index < -0.39 is 71.6 Å². The molecule has 4 aliphatic rings. The first kappa shape index (κ1) is 71.0. The zero-order valence-corrected chi connectivity index (χ0v) is 54.3. The van der Waals surface area contributed by atoms with Crippen LogP contribution in [0.2, 0.25) is 5.02 Å². The molecule has 3 aromatic carbocycles. The summed E-state index contributed by atoms with van der Waals surface area (Å²) in [6.07, 6.45) is 0.935. The number of fused-ring (bicyclic) bond motifs is 7. The zero-order valence-electron chi connectivity index (χ0n) is 53.6. The van der Waals surface area contributed by atoms with E-state index in [0.717, 1.165) is 33.5 Å². The van der Waals surface area contributed by atoms with Gasteiger partial charge in [-0.3, -0.25) is 29.3 Å². The Morgan fingerprint density at radius 3 is 2.22 bits per heavy atom. The minimum absolute atomic E-state index is 0.0423. The molecule has 23 nitrogen and oxygen atoms in total. The molecule has 6 amide bonds. The van der Waals surface area contributed by atoms with Gasteiger partial charge in [0.05, 0.1) is 90.4 Å². The molecule has 0 aliphatic carbocycles. The molecule has 8 atom stereocenters. The number of carbonyl (C=O) groups is 7. The number of benzene rings is 3. The molecule has 3 N–H and O–H groups in total. The van der Waals surface area contributed by atoms with Crippen LogP contribution >= 0.6 is 11.6 Å². The van der Waals surface area contributed by atoms with Gasteiger partial charge in [0.15, 0.2) is 5.72 Å². The predicted molar refractivity (Wildman–Crippen MR) is 338 cm³/mol. The maximum Gasteiger partial charge on any atom is 0.409 e. The summed E-state index contributed by atoms with van der Waals surface area (Å²) in [4.78, 5) is 99.8. The molecule has 0 aromatic heterocycles. The molecular weight excluding hydrogens is 1200 g/mol. The van der Waals surface area contributed by atoms with Crippen LogP contribution in [0.1, 0.15) is 94.9 Å². The van der Waals surface area contributed by atoms with Gasteiger partial charge in [-0.2, -0.15) is 0 Å². The Kier molecular flexibility index (Phi) is 26.4. The molecule has 0 spiro atoms. The highest BCUT2D eigenvalue weighted by Crippen LogP contribution is 2.49. The van der Waals surface area contributed by atoms with Gasteiger partial charge in [0.2, 0.25) is 29.5 Å². The van der Waals surface area contributed by atoms with Crippen LogP contribution in [-0.2, 0) is 79.6 Å². The predicted octanol–water partition coefficient (Wildman–Crippen LogP) is 6.05. The van der Waals surface area contributed by atoms with Crippen molar-refractivity contribution in [3.63, 3.8) is 0 Å². The Balaban J connectivity index is 0.771. The van der Waals surface area contributed by atoms with Crippen LogP contribution in [0.3, 0.4) is 0 Å². The SMILES string of the molecule is COc1cc2cc(c1Cl)N(C)C(=O)C[C@H](OC(=O)[C@H](C)N(C)C(=O)CCCC(=O)N(C)CCOCCOCCOCCOCCC(=O)NCCC(=O)N1Cc3ccccc3C#Cc3ccccc31)[C@]1(C)O[C@H]1[C@H](C)[C@@H]1C[C@@](O)(NC(=O)O1)[C@H](OC)/C=C/C=C(/C)C2. The highest BCUT2D eigenvalue weighted by atomic mass is 35.5. The van der Waals surface area contributed by atoms with E-state index in [2.05, 4.69) is 22.5 Å². The zero-order chi connectivity index (χ0) is 65.8. The number of ether oxygens (including phenoxy) is 9. The standard InChI is InChI=1S/C67H87ClN6O17/c1-44-16-14-21-55(84-9)67(82)42-54(89-65(81)70-67)45(2)63-66(4,91-63)56(41-61(79)73(7)52-39-47(38-44)40-53(83-8)62(52)68)90-64(80)46(3)72(6)59(77)23-15-22-58(76)71(5)29-31-86-33-35-88-37-36-87-34-32-85-30-27-57(75)69-28-26-60(78)74-43-50-19-11-10-17-48(50)24-25-49-18-12-13-20-51(49)74/h10-14,16-21,39-40,45-46,54-56,63,82H,15,22-23,26-38,41-43H2,1-9H3,(H,69,75)(H,70,81)/b21-14+,44-16-/t45-,46+,54+,55-,56+,63+,66+,67+/m1/s1. The van der Waals surface area contributed by atoms with Gasteiger partial charge in [0.1, 0.15) is 40.7 Å². The summed E-state index contributed by atoms with van der Waals surface area (Å²) < 4.78 is 51.8. The lowest BCUT2D eigenvalue weighted by atomic mass is 9.83. The molecule has 0 unspecified atom stereocenters. The summed E-state index contributed by atoms with van der Waals surface area (Å²) in [5, 5.41) is 17.4. The maximum absolute atomic E-state index is 14.4. The van der Waals surface area contributed by atoms with Crippen molar-refractivity contribution in [2.75, 3.05) is 111 Å². The minimum Gasteiger partial charge on any atom is -0.495 e. The van der Waals surface area contributed by atoms with Gasteiger partial charge in [-0.05, 0) is 75.1 Å². The van der Waals surface area contributed by atoms with Gasteiger partial charge >= 0.3 is 12.1 Å². The van der Waals surface area contributed by atoms with Crippen LogP contribution in [0.4, 0.5) is 16.2 Å². The molecule has 494 valence electrons. The summed E-state index contributed by atoms with van der Waals surface area (Å²) in [6, 6.07) is 17.7. The van der Waals surface area contributed by atoms with Gasteiger partial charge < -0.3 is 72.7 Å². The third-order valence-electron chi connectivity index (χ3n) is 16.7. The fraction of sp³-hybridized carbons (Fsp3) is 0.537. The van der Waals surface area contributed by atoms with Gasteiger partial charge in [-0.15, -0.1) is 0 Å². The Labute approximate surface area is 537 Å². The first-order chi connectivity index (χ1) is 43.6. The van der Waals surface area contributed by atoms with Crippen molar-refractivity contribution in [1.29, 1.82) is 0 Å². The number of para-hydroxylation sites is 1. The van der Waals surface area contributed by atoms with Gasteiger partial charge in [0, 0.05) is 90.5 Å². The number of esters is 1. The molecule has 2 fully saturated rings. The van der Waals surface area contributed by atoms with Crippen LogP contribution in [-0.4, -0.2) is 200 Å². The number of carbonyl (C=O) groups excluding carboxylic acids is 7. The van der Waals surface area contributed by atoms with Crippen LogP contribution in [0.25, 0.3) is 0 Å². The number of allylic oxidation sites excluding steroid dienone is 3. The lowest BCUT2D eigenvalue weighted by Gasteiger charge is -2.42. The number of hydrogen-bond acceptors (Lipinski definition) is 17. The molecule has 4 heterocycles. The number of nitrogens with one attached hydrogen (secondary N) is 2. The monoisotopic (exact) mass is 1280 g/mol. The van der Waals surface area contributed by atoms with Crippen LogP contribution in [0, 0.1) is 17.8 Å². The molecule has 7 rings (SSSR count). The Morgan fingerprint density at radius 1 is 0.868 bits per heavy atom. The van der Waals surface area contributed by atoms with E-state index in [-0.39, 0.29) is 87.4 Å². The topological polar surface area (TPSA) is 263 Å². The number of alkyl carbamates (subject to hydrolysis) is 1. The summed E-state index contributed by atoms with van der Waals surface area (Å²) in [7, 11) is 7.54. The van der Waals surface area contributed by atoms with E-state index in [1.807, 2.05) is 61.5 Å². The summed E-state index contributed by atoms with van der Waals surface area (Å²) in [6.45, 7) is 10.1. The lowest BCUT2D eigenvalue weighted by molar-refractivity contribution is -0.162. The van der Waals surface area contributed by atoms with Crippen molar-refractivity contribution in [2.24, 2.45) is 5.92 Å². The number of likely N-dealkylation sites (N-methyl/N-ethyl adjacent to an activating group) is 2. The van der Waals surface area contributed by atoms with E-state index in [4.69, 9.17) is 54.2 Å². The number of amides is 6. The molecule has 2 saturated heterocycles. The number of aliphatic hydroxyl groups is 1. The Bertz CT molecular complexity index is 3190. The summed E-state index contributed by atoms with van der Waals surface area (Å²) in [5.41, 5.74) is 2.19. The molecule has 24 heteroatoms. The van der Waals surface area contributed by atoms with E-state index >= 15 is 0 Å². The molecular formula is C67H87ClN6O17. The highest BCUT2D eigenvalue weighted by Gasteiger charge is 2.64. The molecule has 3 aromatic rings. The van der Waals surface area contributed by atoms with Crippen LogP contribution in [0.5, 0.6) is 5.75 Å². The molecule has 4 bridgehead atoms. The van der Waals surface area contributed by atoms with E-state index in [1.165, 1.54) is 42.9 Å². The quantitative estimate of drug-likeness (QED) is 0.0339. The van der Waals surface area contributed by atoms with E-state index in [9.17, 15) is 38.7 Å². The van der Waals surface area contributed by atoms with Gasteiger partial charge in [0.25, 0.3) is 0 Å². The van der Waals surface area contributed by atoms with Crippen LogP contribution in [0.15, 0.2) is 84.5 Å². The fourth-order valence-electron chi connectivity index (χ4n) is 11.0. The van der Waals surface area contributed by atoms with Crippen molar-refractivity contribution in [3.8, 4) is 17.6 Å². The van der Waals surface area contributed by atoms with Crippen molar-refractivity contribution in [2.45, 2.75) is 127 Å². The smallest absolute Gasteiger partial charge is 0.409 e. The summed E-state index contributed by atoms with van der Waals surface area (Å²) in [5.74, 6) is 3.91. The molecule has 4 aliphatic heterocycles. The Hall–Kier alpha value is -7.40. The van der Waals surface area contributed by atoms with E-state index in [0.29, 0.717) is 70.6 Å². The van der Waals surface area contributed by atoms with Gasteiger partial charge in [-0.1, -0.05) is 84.5 Å². The first-order valence-electron chi connectivity index (χ1n) is 30.7. The third-order valence-corrected chi connectivity index (χ3v) is 17.1. The first-order valence-corrected chi connectivity index (χ1v) is 31.1.